The van der Waals surface area contributed by atoms with Crippen LogP contribution in [0.15, 0.2) is 0 Å². The first-order valence-electron chi connectivity index (χ1n) is 7.40. The number of aliphatic carboxylic acids is 1. The van der Waals surface area contributed by atoms with Crippen LogP contribution in [0.3, 0.4) is 0 Å². The summed E-state index contributed by atoms with van der Waals surface area (Å²) in [7, 11) is 0. The summed E-state index contributed by atoms with van der Waals surface area (Å²) >= 11 is 0. The van der Waals surface area contributed by atoms with Gasteiger partial charge in [-0.25, -0.2) is 4.79 Å². The van der Waals surface area contributed by atoms with Crippen molar-refractivity contribution in [2.75, 3.05) is 13.1 Å². The molecule has 0 aromatic heterocycles. The van der Waals surface area contributed by atoms with Crippen LogP contribution in [0.25, 0.3) is 0 Å². The minimum atomic E-state index is -0.923. The quantitative estimate of drug-likeness (QED) is 0.617. The average molecular weight is 299 g/mol. The standard InChI is InChI=1S/C14H25N3O4/c1-4-17(8-12(18)15-9(2)3)14(21)16-11(7-13(19)20)10-5-6-10/h9-11H,4-8H2,1-3H3,(H,15,18)(H,16,21)(H,19,20). The molecule has 0 radical (unpaired) electrons. The van der Waals surface area contributed by atoms with E-state index >= 15 is 0 Å². The van der Waals surface area contributed by atoms with E-state index in [0.717, 1.165) is 12.8 Å². The third kappa shape index (κ3) is 6.46. The zero-order chi connectivity index (χ0) is 16.0. The molecule has 3 amide bonds. The van der Waals surface area contributed by atoms with Crippen LogP contribution in [-0.4, -0.2) is 53.1 Å². The normalized spacial score (nSPS) is 15.4. The first-order chi connectivity index (χ1) is 9.83. The molecule has 1 saturated carbocycles. The van der Waals surface area contributed by atoms with E-state index in [-0.39, 0.29) is 42.9 Å². The molecule has 1 aliphatic carbocycles. The number of amides is 3. The maximum atomic E-state index is 12.2. The number of carboxylic acid groups (broad SMARTS) is 1. The number of carboxylic acids is 1. The maximum absolute atomic E-state index is 12.2. The van der Waals surface area contributed by atoms with Crippen molar-refractivity contribution >= 4 is 17.9 Å². The molecule has 0 aromatic carbocycles. The topological polar surface area (TPSA) is 98.7 Å². The summed E-state index contributed by atoms with van der Waals surface area (Å²) in [6, 6.07) is -0.711. The summed E-state index contributed by atoms with van der Waals surface area (Å²) in [5, 5.41) is 14.4. The average Bonchev–Trinajstić information content (AvgIpc) is 3.17. The third-order valence-electron chi connectivity index (χ3n) is 3.35. The highest BCUT2D eigenvalue weighted by Crippen LogP contribution is 2.34. The molecule has 1 atom stereocenters. The number of carbonyl (C=O) groups excluding carboxylic acids is 2. The van der Waals surface area contributed by atoms with Crippen LogP contribution in [0, 0.1) is 5.92 Å². The molecule has 0 heterocycles. The lowest BCUT2D eigenvalue weighted by molar-refractivity contribution is -0.137. The smallest absolute Gasteiger partial charge is 0.318 e. The molecular weight excluding hydrogens is 274 g/mol. The molecule has 1 rings (SSSR count). The number of likely N-dealkylation sites (N-methyl/N-ethyl adjacent to an activating group) is 1. The minimum absolute atomic E-state index is 0.0190. The molecule has 7 heteroatoms. The molecule has 1 fully saturated rings. The van der Waals surface area contributed by atoms with Crippen LogP contribution in [0.1, 0.15) is 40.0 Å². The van der Waals surface area contributed by atoms with Crippen molar-refractivity contribution < 1.29 is 19.5 Å². The molecule has 21 heavy (non-hydrogen) atoms. The Morgan fingerprint density at radius 3 is 2.29 bits per heavy atom. The Bertz CT molecular complexity index is 394. The third-order valence-corrected chi connectivity index (χ3v) is 3.35. The van der Waals surface area contributed by atoms with Gasteiger partial charge in [0.05, 0.1) is 6.42 Å². The second kappa shape index (κ2) is 7.85. The number of hydrogen-bond acceptors (Lipinski definition) is 3. The number of hydrogen-bond donors (Lipinski definition) is 3. The molecule has 120 valence electrons. The Balaban J connectivity index is 2.52. The molecule has 1 aliphatic rings. The fourth-order valence-electron chi connectivity index (χ4n) is 2.14. The van der Waals surface area contributed by atoms with E-state index < -0.39 is 5.97 Å². The number of rotatable bonds is 8. The van der Waals surface area contributed by atoms with Gasteiger partial charge in [-0.15, -0.1) is 0 Å². The van der Waals surface area contributed by atoms with Crippen molar-refractivity contribution in [1.29, 1.82) is 0 Å². The van der Waals surface area contributed by atoms with Crippen LogP contribution in [-0.2, 0) is 9.59 Å². The van der Waals surface area contributed by atoms with Gasteiger partial charge in [-0.05, 0) is 39.5 Å². The van der Waals surface area contributed by atoms with Crippen LogP contribution < -0.4 is 10.6 Å². The molecule has 3 N–H and O–H groups in total. The van der Waals surface area contributed by atoms with Crippen LogP contribution in [0.2, 0.25) is 0 Å². The lowest BCUT2D eigenvalue weighted by Gasteiger charge is -2.25. The van der Waals surface area contributed by atoms with E-state index in [0.29, 0.717) is 6.54 Å². The van der Waals surface area contributed by atoms with Gasteiger partial charge in [0.15, 0.2) is 0 Å². The number of urea groups is 1. The van der Waals surface area contributed by atoms with E-state index in [1.807, 2.05) is 13.8 Å². The Hall–Kier alpha value is -1.79. The molecule has 7 nitrogen and oxygen atoms in total. The Kier molecular flexibility index (Phi) is 6.45. The zero-order valence-corrected chi connectivity index (χ0v) is 12.9. The highest BCUT2D eigenvalue weighted by Gasteiger charge is 2.34. The second-order valence-electron chi connectivity index (χ2n) is 5.73. The number of nitrogens with zero attached hydrogens (tertiary/aromatic N) is 1. The summed E-state index contributed by atoms with van der Waals surface area (Å²) in [6.45, 7) is 5.85. The van der Waals surface area contributed by atoms with E-state index in [9.17, 15) is 14.4 Å². The zero-order valence-electron chi connectivity index (χ0n) is 12.9. The summed E-state index contributed by atoms with van der Waals surface area (Å²) in [5.41, 5.74) is 0. The first kappa shape index (κ1) is 17.3. The summed E-state index contributed by atoms with van der Waals surface area (Å²) in [6.07, 6.45) is 1.81. The van der Waals surface area contributed by atoms with Crippen molar-refractivity contribution in [3.63, 3.8) is 0 Å². The summed E-state index contributed by atoms with van der Waals surface area (Å²) in [4.78, 5) is 36.1. The summed E-state index contributed by atoms with van der Waals surface area (Å²) < 4.78 is 0. The van der Waals surface area contributed by atoms with E-state index in [1.54, 1.807) is 6.92 Å². The maximum Gasteiger partial charge on any atom is 0.318 e. The Labute approximate surface area is 125 Å². The Morgan fingerprint density at radius 1 is 1.24 bits per heavy atom. The van der Waals surface area contributed by atoms with Crippen molar-refractivity contribution in [3.8, 4) is 0 Å². The van der Waals surface area contributed by atoms with Gasteiger partial charge in [-0.1, -0.05) is 0 Å². The molecule has 0 saturated heterocycles. The molecule has 1 unspecified atom stereocenters. The molecule has 0 aliphatic heterocycles. The van der Waals surface area contributed by atoms with Crippen molar-refractivity contribution in [2.45, 2.75) is 52.1 Å². The van der Waals surface area contributed by atoms with Crippen LogP contribution in [0.5, 0.6) is 0 Å². The van der Waals surface area contributed by atoms with Gasteiger partial charge >= 0.3 is 12.0 Å². The highest BCUT2D eigenvalue weighted by atomic mass is 16.4. The molecule has 0 aromatic rings. The summed E-state index contributed by atoms with van der Waals surface area (Å²) in [5.74, 6) is -0.899. The van der Waals surface area contributed by atoms with Gasteiger partial charge in [0.1, 0.15) is 6.54 Å². The minimum Gasteiger partial charge on any atom is -0.481 e. The lowest BCUT2D eigenvalue weighted by Crippen LogP contribution is -2.50. The lowest BCUT2D eigenvalue weighted by atomic mass is 10.1. The van der Waals surface area contributed by atoms with E-state index in [4.69, 9.17) is 5.11 Å². The largest absolute Gasteiger partial charge is 0.481 e. The fourth-order valence-corrected chi connectivity index (χ4v) is 2.14. The van der Waals surface area contributed by atoms with Gasteiger partial charge in [-0.3, -0.25) is 9.59 Å². The number of nitrogens with one attached hydrogen (secondary N) is 2. The fraction of sp³-hybridized carbons (Fsp3) is 0.786. The van der Waals surface area contributed by atoms with E-state index in [2.05, 4.69) is 10.6 Å². The monoisotopic (exact) mass is 299 g/mol. The van der Waals surface area contributed by atoms with Crippen molar-refractivity contribution in [3.05, 3.63) is 0 Å². The van der Waals surface area contributed by atoms with Gasteiger partial charge in [-0.2, -0.15) is 0 Å². The molecular formula is C14H25N3O4. The predicted molar refractivity (Wildman–Crippen MR) is 77.8 cm³/mol. The number of carbonyl (C=O) groups is 3. The van der Waals surface area contributed by atoms with Crippen molar-refractivity contribution in [1.82, 2.24) is 15.5 Å². The predicted octanol–water partition coefficient (Wildman–Crippen LogP) is 0.796. The van der Waals surface area contributed by atoms with Gasteiger partial charge in [0.2, 0.25) is 5.91 Å². The molecule has 0 spiro atoms. The van der Waals surface area contributed by atoms with Gasteiger partial charge < -0.3 is 20.6 Å². The first-order valence-corrected chi connectivity index (χ1v) is 7.40. The SMILES string of the molecule is CCN(CC(=O)NC(C)C)C(=O)NC(CC(=O)O)C1CC1. The van der Waals surface area contributed by atoms with Gasteiger partial charge in [0.25, 0.3) is 0 Å². The second-order valence-corrected chi connectivity index (χ2v) is 5.73. The highest BCUT2D eigenvalue weighted by molar-refractivity contribution is 5.84. The van der Waals surface area contributed by atoms with E-state index in [1.165, 1.54) is 4.90 Å². The van der Waals surface area contributed by atoms with Crippen LogP contribution in [0.4, 0.5) is 4.79 Å². The van der Waals surface area contributed by atoms with Crippen molar-refractivity contribution in [2.24, 2.45) is 5.92 Å². The Morgan fingerprint density at radius 2 is 1.86 bits per heavy atom. The van der Waals surface area contributed by atoms with Crippen LogP contribution >= 0.6 is 0 Å². The molecule has 0 bridgehead atoms. The van der Waals surface area contributed by atoms with Gasteiger partial charge in [0, 0.05) is 18.6 Å².